The molecule has 4 heteroatoms. The summed E-state index contributed by atoms with van der Waals surface area (Å²) in [5.41, 5.74) is 3.61. The molecule has 0 fully saturated rings. The molecular formula is C10H10BrNO2. The smallest absolute Gasteiger partial charge is 0.407 e. The Bertz CT molecular complexity index is 565. The second-order valence-electron chi connectivity index (χ2n) is 3.38. The number of aryl methyl sites for hydroxylation is 2. The molecule has 3 nitrogen and oxygen atoms in total. The van der Waals surface area contributed by atoms with Crippen LogP contribution in [-0.2, 0) is 7.05 Å². The Labute approximate surface area is 89.5 Å². The average molecular weight is 256 g/mol. The predicted molar refractivity (Wildman–Crippen MR) is 58.6 cm³/mol. The van der Waals surface area contributed by atoms with Crippen molar-refractivity contribution >= 4 is 27.0 Å². The normalized spacial score (nSPS) is 11.1. The summed E-state index contributed by atoms with van der Waals surface area (Å²) in [5.74, 6) is -0.319. The molecular weight excluding hydrogens is 246 g/mol. The highest BCUT2D eigenvalue weighted by Gasteiger charge is 2.12. The molecule has 1 aromatic heterocycles. The van der Waals surface area contributed by atoms with Gasteiger partial charge in [0, 0.05) is 11.5 Å². The summed E-state index contributed by atoms with van der Waals surface area (Å²) < 4.78 is 7.66. The molecule has 0 unspecified atom stereocenters. The first kappa shape index (κ1) is 9.52. The lowest BCUT2D eigenvalue weighted by Crippen LogP contribution is -2.08. The predicted octanol–water partition coefficient (Wildman–Crippen LogP) is 2.51. The maximum atomic E-state index is 11.3. The fourth-order valence-electron chi connectivity index (χ4n) is 1.47. The Morgan fingerprint density at radius 2 is 2.00 bits per heavy atom. The van der Waals surface area contributed by atoms with Crippen LogP contribution in [-0.4, -0.2) is 4.57 Å². The molecule has 0 spiro atoms. The van der Waals surface area contributed by atoms with Gasteiger partial charge in [-0.05, 0) is 31.0 Å². The van der Waals surface area contributed by atoms with E-state index >= 15 is 0 Å². The minimum Gasteiger partial charge on any atom is -0.407 e. The second-order valence-corrected chi connectivity index (χ2v) is 4.24. The maximum absolute atomic E-state index is 11.3. The standard InChI is InChI=1S/C10H10BrNO2/c1-5-6(2)9-8(4-7(5)11)12(3)10(13)14-9/h4H,1-3H3. The molecule has 2 aromatic rings. The van der Waals surface area contributed by atoms with Crippen LogP contribution in [0.2, 0.25) is 0 Å². The van der Waals surface area contributed by atoms with E-state index in [1.54, 1.807) is 7.05 Å². The van der Waals surface area contributed by atoms with Gasteiger partial charge in [0.25, 0.3) is 0 Å². The van der Waals surface area contributed by atoms with E-state index in [4.69, 9.17) is 4.42 Å². The van der Waals surface area contributed by atoms with Crippen molar-refractivity contribution in [2.75, 3.05) is 0 Å². The van der Waals surface area contributed by atoms with Crippen molar-refractivity contribution in [2.24, 2.45) is 7.05 Å². The number of hydrogen-bond donors (Lipinski definition) is 0. The molecule has 2 rings (SSSR count). The minimum absolute atomic E-state index is 0.319. The number of benzene rings is 1. The fraction of sp³-hybridized carbons (Fsp3) is 0.300. The fourth-order valence-corrected chi connectivity index (χ4v) is 1.98. The lowest BCUT2D eigenvalue weighted by Gasteiger charge is -2.03. The van der Waals surface area contributed by atoms with E-state index in [9.17, 15) is 4.79 Å². The van der Waals surface area contributed by atoms with Crippen molar-refractivity contribution in [3.8, 4) is 0 Å². The number of aromatic nitrogens is 1. The van der Waals surface area contributed by atoms with Crippen molar-refractivity contribution in [1.29, 1.82) is 0 Å². The van der Waals surface area contributed by atoms with E-state index in [-0.39, 0.29) is 5.76 Å². The lowest BCUT2D eigenvalue weighted by atomic mass is 10.1. The third-order valence-corrected chi connectivity index (χ3v) is 3.41. The van der Waals surface area contributed by atoms with Gasteiger partial charge in [-0.1, -0.05) is 15.9 Å². The van der Waals surface area contributed by atoms with Crippen LogP contribution in [0, 0.1) is 13.8 Å². The van der Waals surface area contributed by atoms with Crippen molar-refractivity contribution in [2.45, 2.75) is 13.8 Å². The largest absolute Gasteiger partial charge is 0.419 e. The van der Waals surface area contributed by atoms with Gasteiger partial charge in [-0.15, -0.1) is 0 Å². The van der Waals surface area contributed by atoms with Crippen LogP contribution in [0.1, 0.15) is 11.1 Å². The third kappa shape index (κ3) is 1.14. The summed E-state index contributed by atoms with van der Waals surface area (Å²) >= 11 is 3.45. The van der Waals surface area contributed by atoms with Gasteiger partial charge in [0.15, 0.2) is 5.58 Å². The van der Waals surface area contributed by atoms with E-state index in [0.29, 0.717) is 5.58 Å². The molecule has 0 aliphatic rings. The first-order valence-electron chi connectivity index (χ1n) is 4.27. The van der Waals surface area contributed by atoms with Crippen LogP contribution < -0.4 is 5.76 Å². The second kappa shape index (κ2) is 2.98. The number of oxazole rings is 1. The quantitative estimate of drug-likeness (QED) is 0.725. The Morgan fingerprint density at radius 1 is 1.36 bits per heavy atom. The summed E-state index contributed by atoms with van der Waals surface area (Å²) in [5, 5.41) is 0. The minimum atomic E-state index is -0.319. The molecule has 0 N–H and O–H groups in total. The highest BCUT2D eigenvalue weighted by Crippen LogP contribution is 2.27. The van der Waals surface area contributed by atoms with Crippen molar-refractivity contribution < 1.29 is 4.42 Å². The average Bonchev–Trinajstić information content (AvgIpc) is 2.42. The van der Waals surface area contributed by atoms with Crippen LogP contribution in [0.3, 0.4) is 0 Å². The van der Waals surface area contributed by atoms with E-state index < -0.39 is 0 Å². The van der Waals surface area contributed by atoms with E-state index in [1.165, 1.54) is 4.57 Å². The van der Waals surface area contributed by atoms with Crippen molar-refractivity contribution in [3.05, 3.63) is 32.2 Å². The molecule has 0 bridgehead atoms. The van der Waals surface area contributed by atoms with Gasteiger partial charge in [-0.2, -0.15) is 0 Å². The Morgan fingerprint density at radius 3 is 2.64 bits per heavy atom. The topological polar surface area (TPSA) is 35.1 Å². The number of nitrogens with zero attached hydrogens (tertiary/aromatic N) is 1. The molecule has 0 radical (unpaired) electrons. The van der Waals surface area contributed by atoms with Gasteiger partial charge in [0.2, 0.25) is 0 Å². The van der Waals surface area contributed by atoms with Gasteiger partial charge in [-0.25, -0.2) is 4.79 Å². The summed E-state index contributed by atoms with van der Waals surface area (Å²) in [6.07, 6.45) is 0. The molecule has 74 valence electrons. The Hall–Kier alpha value is -1.03. The van der Waals surface area contributed by atoms with Gasteiger partial charge in [0.1, 0.15) is 0 Å². The molecule has 0 atom stereocenters. The third-order valence-electron chi connectivity index (χ3n) is 2.58. The molecule has 14 heavy (non-hydrogen) atoms. The van der Waals surface area contributed by atoms with Crippen LogP contribution in [0.5, 0.6) is 0 Å². The highest BCUT2D eigenvalue weighted by molar-refractivity contribution is 9.10. The van der Waals surface area contributed by atoms with Crippen LogP contribution >= 0.6 is 15.9 Å². The first-order valence-corrected chi connectivity index (χ1v) is 5.07. The molecule has 0 amide bonds. The zero-order chi connectivity index (χ0) is 10.5. The Kier molecular flexibility index (Phi) is 2.03. The lowest BCUT2D eigenvalue weighted by molar-refractivity contribution is 0.526. The van der Waals surface area contributed by atoms with Gasteiger partial charge in [0.05, 0.1) is 5.52 Å². The van der Waals surface area contributed by atoms with Crippen LogP contribution in [0.4, 0.5) is 0 Å². The molecule has 0 saturated heterocycles. The number of hydrogen-bond acceptors (Lipinski definition) is 2. The summed E-state index contributed by atoms with van der Waals surface area (Å²) in [4.78, 5) is 11.3. The van der Waals surface area contributed by atoms with E-state index in [2.05, 4.69) is 15.9 Å². The van der Waals surface area contributed by atoms with E-state index in [1.807, 2.05) is 19.9 Å². The summed E-state index contributed by atoms with van der Waals surface area (Å²) in [6, 6.07) is 1.91. The number of halogens is 1. The van der Waals surface area contributed by atoms with Gasteiger partial charge in [-0.3, -0.25) is 4.57 Å². The monoisotopic (exact) mass is 255 g/mol. The summed E-state index contributed by atoms with van der Waals surface area (Å²) in [7, 11) is 1.70. The molecule has 0 aliphatic heterocycles. The number of fused-ring (bicyclic) bond motifs is 1. The first-order chi connectivity index (χ1) is 6.52. The van der Waals surface area contributed by atoms with Crippen LogP contribution in [0.15, 0.2) is 19.8 Å². The molecule has 1 aromatic carbocycles. The van der Waals surface area contributed by atoms with Crippen molar-refractivity contribution in [1.82, 2.24) is 4.57 Å². The van der Waals surface area contributed by atoms with Gasteiger partial charge < -0.3 is 4.42 Å². The highest BCUT2D eigenvalue weighted by atomic mass is 79.9. The zero-order valence-corrected chi connectivity index (χ0v) is 9.81. The van der Waals surface area contributed by atoms with Gasteiger partial charge >= 0.3 is 5.76 Å². The van der Waals surface area contributed by atoms with Crippen LogP contribution in [0.25, 0.3) is 11.1 Å². The SMILES string of the molecule is Cc1c(Br)cc2c(oc(=O)n2C)c1C. The maximum Gasteiger partial charge on any atom is 0.419 e. The Balaban J connectivity index is 3.05. The zero-order valence-electron chi connectivity index (χ0n) is 8.22. The number of rotatable bonds is 0. The molecule has 0 aliphatic carbocycles. The van der Waals surface area contributed by atoms with Crippen molar-refractivity contribution in [3.63, 3.8) is 0 Å². The van der Waals surface area contributed by atoms with E-state index in [0.717, 1.165) is 21.1 Å². The summed E-state index contributed by atoms with van der Waals surface area (Å²) in [6.45, 7) is 3.94. The molecule has 0 saturated carbocycles. The molecule has 1 heterocycles.